The molecule has 1 aromatic heterocycles. The van der Waals surface area contributed by atoms with Crippen LogP contribution >= 0.6 is 0 Å². The summed E-state index contributed by atoms with van der Waals surface area (Å²) < 4.78 is 55.0. The fourth-order valence-corrected chi connectivity index (χ4v) is 2.90. The van der Waals surface area contributed by atoms with Crippen molar-refractivity contribution in [3.8, 4) is 11.3 Å². The molecule has 3 aromatic rings. The summed E-state index contributed by atoms with van der Waals surface area (Å²) in [6, 6.07) is 5.17. The first-order chi connectivity index (χ1) is 11.5. The van der Waals surface area contributed by atoms with E-state index in [1.54, 1.807) is 0 Å². The van der Waals surface area contributed by atoms with Crippen molar-refractivity contribution in [3.63, 3.8) is 0 Å². The van der Waals surface area contributed by atoms with Crippen LogP contribution < -0.4 is 5.73 Å². The fraction of sp³-hybridized carbons (Fsp3) is 0.222. The van der Waals surface area contributed by atoms with Crippen molar-refractivity contribution in [1.29, 1.82) is 0 Å². The number of benzene rings is 2. The molecule has 24 heavy (non-hydrogen) atoms. The first-order valence-electron chi connectivity index (χ1n) is 7.66. The number of halogens is 4. The zero-order chi connectivity index (χ0) is 17.3. The Morgan fingerprint density at radius 2 is 1.62 bits per heavy atom. The number of H-pyrrole nitrogens is 1. The molecule has 0 spiro atoms. The molecule has 2 nitrogen and oxygen atoms in total. The van der Waals surface area contributed by atoms with Gasteiger partial charge in [-0.3, -0.25) is 0 Å². The molecule has 0 atom stereocenters. The van der Waals surface area contributed by atoms with Crippen LogP contribution in [0.4, 0.5) is 17.6 Å². The van der Waals surface area contributed by atoms with Gasteiger partial charge in [-0.2, -0.15) is 0 Å². The molecule has 2 aromatic carbocycles. The monoisotopic (exact) mass is 336 g/mol. The summed E-state index contributed by atoms with van der Waals surface area (Å²) >= 11 is 0. The van der Waals surface area contributed by atoms with Crippen molar-refractivity contribution >= 4 is 10.9 Å². The molecule has 3 rings (SSSR count). The second kappa shape index (κ2) is 6.65. The van der Waals surface area contributed by atoms with Gasteiger partial charge in [0.1, 0.15) is 23.3 Å². The molecule has 0 aliphatic heterocycles. The smallest absolute Gasteiger partial charge is 0.150 e. The molecule has 0 aliphatic carbocycles. The van der Waals surface area contributed by atoms with E-state index in [9.17, 15) is 17.6 Å². The Morgan fingerprint density at radius 1 is 0.875 bits per heavy atom. The average Bonchev–Trinajstić information content (AvgIpc) is 2.86. The molecule has 126 valence electrons. The van der Waals surface area contributed by atoms with E-state index in [-0.39, 0.29) is 11.1 Å². The number of aromatic amines is 1. The van der Waals surface area contributed by atoms with E-state index in [4.69, 9.17) is 5.73 Å². The Morgan fingerprint density at radius 3 is 2.33 bits per heavy atom. The van der Waals surface area contributed by atoms with Crippen LogP contribution in [0.15, 0.2) is 30.3 Å². The third-order valence-corrected chi connectivity index (χ3v) is 4.01. The Bertz CT molecular complexity index is 886. The lowest BCUT2D eigenvalue weighted by atomic mass is 10.00. The number of hydrogen-bond donors (Lipinski definition) is 2. The van der Waals surface area contributed by atoms with Gasteiger partial charge in [0, 0.05) is 23.1 Å². The highest BCUT2D eigenvalue weighted by Gasteiger charge is 2.19. The van der Waals surface area contributed by atoms with Crippen LogP contribution in [-0.4, -0.2) is 11.5 Å². The Balaban J connectivity index is 2.21. The van der Waals surface area contributed by atoms with Gasteiger partial charge in [-0.25, -0.2) is 17.6 Å². The molecule has 0 fully saturated rings. The second-order valence-electron chi connectivity index (χ2n) is 5.66. The van der Waals surface area contributed by atoms with E-state index in [1.807, 2.05) is 0 Å². The van der Waals surface area contributed by atoms with Gasteiger partial charge < -0.3 is 10.7 Å². The van der Waals surface area contributed by atoms with Crippen molar-refractivity contribution in [2.45, 2.75) is 19.3 Å². The maximum atomic E-state index is 14.2. The predicted octanol–water partition coefficient (Wildman–Crippen LogP) is 4.67. The number of aromatic nitrogens is 1. The third-order valence-electron chi connectivity index (χ3n) is 4.01. The minimum Gasteiger partial charge on any atom is -0.352 e. The maximum Gasteiger partial charge on any atom is 0.150 e. The SMILES string of the molecule is NCCCCc1c(-c2ccc(F)cc2F)[nH]c2c(F)cc(F)cc12. The molecular weight excluding hydrogens is 320 g/mol. The highest BCUT2D eigenvalue weighted by molar-refractivity contribution is 5.91. The lowest BCUT2D eigenvalue weighted by Crippen LogP contribution is -1.99. The highest BCUT2D eigenvalue weighted by atomic mass is 19.1. The summed E-state index contributed by atoms with van der Waals surface area (Å²) in [5.74, 6) is -2.92. The number of nitrogens with two attached hydrogens (primary N) is 1. The van der Waals surface area contributed by atoms with E-state index in [1.165, 1.54) is 12.1 Å². The molecule has 1 heterocycles. The highest BCUT2D eigenvalue weighted by Crippen LogP contribution is 2.34. The number of nitrogens with one attached hydrogen (secondary N) is 1. The summed E-state index contributed by atoms with van der Waals surface area (Å²) in [7, 11) is 0. The first-order valence-corrected chi connectivity index (χ1v) is 7.66. The summed E-state index contributed by atoms with van der Waals surface area (Å²) in [6.07, 6.45) is 1.90. The van der Waals surface area contributed by atoms with Gasteiger partial charge in [0.15, 0.2) is 0 Å². The lowest BCUT2D eigenvalue weighted by Gasteiger charge is -2.06. The zero-order valence-corrected chi connectivity index (χ0v) is 12.8. The van der Waals surface area contributed by atoms with Crippen LogP contribution in [0, 0.1) is 23.3 Å². The molecule has 0 saturated carbocycles. The molecule has 0 radical (unpaired) electrons. The van der Waals surface area contributed by atoms with Crippen molar-refractivity contribution in [3.05, 3.63) is 59.2 Å². The van der Waals surface area contributed by atoms with Gasteiger partial charge in [-0.05, 0) is 49.6 Å². The zero-order valence-electron chi connectivity index (χ0n) is 12.8. The van der Waals surface area contributed by atoms with E-state index < -0.39 is 23.3 Å². The topological polar surface area (TPSA) is 41.8 Å². The molecule has 0 unspecified atom stereocenters. The van der Waals surface area contributed by atoms with Gasteiger partial charge in [0.2, 0.25) is 0 Å². The number of rotatable bonds is 5. The summed E-state index contributed by atoms with van der Waals surface area (Å²) in [4.78, 5) is 2.83. The second-order valence-corrected chi connectivity index (χ2v) is 5.66. The Hall–Kier alpha value is -2.34. The fourth-order valence-electron chi connectivity index (χ4n) is 2.90. The molecule has 0 saturated heterocycles. The summed E-state index contributed by atoms with van der Waals surface area (Å²) in [5, 5.41) is 0.364. The lowest BCUT2D eigenvalue weighted by molar-refractivity contribution is 0.585. The molecule has 3 N–H and O–H groups in total. The summed E-state index contributed by atoms with van der Waals surface area (Å²) in [5.41, 5.74) is 6.66. The van der Waals surface area contributed by atoms with Crippen molar-refractivity contribution < 1.29 is 17.6 Å². The standard InChI is InChI=1S/C18H16F4N2/c19-10-4-5-13(15(21)8-10)17-12(3-1-2-6-23)14-7-11(20)9-16(22)18(14)24-17/h4-5,7-9,24H,1-3,6,23H2. The van der Waals surface area contributed by atoms with Crippen molar-refractivity contribution in [2.75, 3.05) is 6.54 Å². The minimum atomic E-state index is -0.762. The van der Waals surface area contributed by atoms with E-state index >= 15 is 0 Å². The van der Waals surface area contributed by atoms with Crippen molar-refractivity contribution in [1.82, 2.24) is 4.98 Å². The van der Waals surface area contributed by atoms with E-state index in [0.717, 1.165) is 24.6 Å². The molecule has 0 amide bonds. The maximum absolute atomic E-state index is 14.2. The predicted molar refractivity (Wildman–Crippen MR) is 85.6 cm³/mol. The Kier molecular flexibility index (Phi) is 4.57. The minimum absolute atomic E-state index is 0.109. The van der Waals surface area contributed by atoms with Crippen LogP contribution in [0.5, 0.6) is 0 Å². The number of fused-ring (bicyclic) bond motifs is 1. The molecule has 0 aliphatic rings. The largest absolute Gasteiger partial charge is 0.352 e. The Labute approximate surface area is 136 Å². The average molecular weight is 336 g/mol. The first kappa shape index (κ1) is 16.5. The van der Waals surface area contributed by atoms with Crippen LogP contribution in [0.2, 0.25) is 0 Å². The molecule has 0 bridgehead atoms. The molecule has 6 heteroatoms. The van der Waals surface area contributed by atoms with Crippen LogP contribution in [-0.2, 0) is 6.42 Å². The number of unbranched alkanes of at least 4 members (excludes halogenated alkanes) is 1. The van der Waals surface area contributed by atoms with Crippen LogP contribution in [0.3, 0.4) is 0 Å². The van der Waals surface area contributed by atoms with Crippen LogP contribution in [0.25, 0.3) is 22.2 Å². The third kappa shape index (κ3) is 3.01. The van der Waals surface area contributed by atoms with Gasteiger partial charge in [-0.1, -0.05) is 0 Å². The van der Waals surface area contributed by atoms with Gasteiger partial charge in [-0.15, -0.1) is 0 Å². The van der Waals surface area contributed by atoms with Gasteiger partial charge in [0.05, 0.1) is 11.2 Å². The quantitative estimate of drug-likeness (QED) is 0.516. The number of hydrogen-bond acceptors (Lipinski definition) is 1. The van der Waals surface area contributed by atoms with Crippen LogP contribution in [0.1, 0.15) is 18.4 Å². The van der Waals surface area contributed by atoms with E-state index in [0.29, 0.717) is 36.0 Å². The molecular formula is C18H16F4N2. The van der Waals surface area contributed by atoms with Gasteiger partial charge in [0.25, 0.3) is 0 Å². The number of aryl methyl sites for hydroxylation is 1. The summed E-state index contributed by atoms with van der Waals surface area (Å²) in [6.45, 7) is 0.491. The normalized spacial score (nSPS) is 11.4. The van der Waals surface area contributed by atoms with E-state index in [2.05, 4.69) is 4.98 Å². The van der Waals surface area contributed by atoms with Gasteiger partial charge >= 0.3 is 0 Å². The van der Waals surface area contributed by atoms with Crippen molar-refractivity contribution in [2.24, 2.45) is 5.73 Å².